The largest absolute Gasteiger partial charge is 0.433 e. The van der Waals surface area contributed by atoms with Gasteiger partial charge in [-0.2, -0.15) is 8.78 Å². The summed E-state index contributed by atoms with van der Waals surface area (Å²) in [5.41, 5.74) is 0.776. The van der Waals surface area contributed by atoms with E-state index in [9.17, 15) is 8.78 Å². The predicted octanol–water partition coefficient (Wildman–Crippen LogP) is 2.85. The van der Waals surface area contributed by atoms with Crippen molar-refractivity contribution in [2.75, 3.05) is 31.6 Å². The molecule has 2 heterocycles. The van der Waals surface area contributed by atoms with Crippen molar-refractivity contribution in [2.24, 2.45) is 16.3 Å². The van der Waals surface area contributed by atoms with Gasteiger partial charge in [-0.05, 0) is 25.0 Å². The van der Waals surface area contributed by atoms with Crippen molar-refractivity contribution < 1.29 is 18.3 Å². The van der Waals surface area contributed by atoms with Gasteiger partial charge in [-0.1, -0.05) is 26.0 Å². The van der Waals surface area contributed by atoms with Gasteiger partial charge < -0.3 is 25.0 Å². The van der Waals surface area contributed by atoms with E-state index >= 15 is 0 Å². The Kier molecular flexibility index (Phi) is 5.55. The Labute approximate surface area is 170 Å². The summed E-state index contributed by atoms with van der Waals surface area (Å²) in [4.78, 5) is 6.50. The van der Waals surface area contributed by atoms with E-state index in [0.29, 0.717) is 30.3 Å². The fraction of sp³-hybridized carbons (Fsp3) is 0.667. The molecule has 0 spiro atoms. The van der Waals surface area contributed by atoms with Crippen LogP contribution in [0.2, 0.25) is 0 Å². The van der Waals surface area contributed by atoms with Crippen LogP contribution in [0.5, 0.6) is 5.75 Å². The van der Waals surface area contributed by atoms with Crippen molar-refractivity contribution in [1.82, 2.24) is 10.6 Å². The Morgan fingerprint density at radius 2 is 2.07 bits per heavy atom. The number of alkyl halides is 2. The summed E-state index contributed by atoms with van der Waals surface area (Å²) in [5, 5.41) is 7.11. The minimum absolute atomic E-state index is 0.0754. The smallest absolute Gasteiger partial charge is 0.387 e. The van der Waals surface area contributed by atoms with E-state index in [4.69, 9.17) is 4.74 Å². The summed E-state index contributed by atoms with van der Waals surface area (Å²) in [5.74, 6) is 1.54. The number of para-hydroxylation sites is 2. The molecule has 0 radical (unpaired) electrons. The van der Waals surface area contributed by atoms with Crippen molar-refractivity contribution in [2.45, 2.75) is 51.5 Å². The highest BCUT2D eigenvalue weighted by Crippen LogP contribution is 2.52. The molecule has 0 aromatic heterocycles. The number of anilines is 1. The van der Waals surface area contributed by atoms with Crippen LogP contribution < -0.4 is 20.3 Å². The summed E-state index contributed by atoms with van der Waals surface area (Å²) < 4.78 is 36.0. The third-order valence-corrected chi connectivity index (χ3v) is 6.57. The van der Waals surface area contributed by atoms with E-state index in [1.165, 1.54) is 0 Å². The average molecular weight is 408 g/mol. The number of aliphatic imine (C=N–C) groups is 1. The number of hydrogen-bond acceptors (Lipinski definition) is 4. The monoisotopic (exact) mass is 408 g/mol. The van der Waals surface area contributed by atoms with Crippen molar-refractivity contribution in [3.63, 3.8) is 0 Å². The molecule has 4 rings (SSSR count). The molecule has 0 amide bonds. The quantitative estimate of drug-likeness (QED) is 0.580. The summed E-state index contributed by atoms with van der Waals surface area (Å²) in [6.45, 7) is 3.95. The molecule has 3 aliphatic rings. The molecule has 1 aliphatic carbocycles. The van der Waals surface area contributed by atoms with Crippen molar-refractivity contribution >= 4 is 11.6 Å². The van der Waals surface area contributed by atoms with E-state index in [2.05, 4.69) is 39.1 Å². The zero-order valence-corrected chi connectivity index (χ0v) is 17.2. The maximum atomic E-state index is 12.7. The molecule has 3 fully saturated rings. The fourth-order valence-electron chi connectivity index (χ4n) is 5.14. The summed E-state index contributed by atoms with van der Waals surface area (Å²) in [6.07, 6.45) is 2.31. The van der Waals surface area contributed by atoms with E-state index in [0.717, 1.165) is 32.0 Å². The number of benzene rings is 1. The Bertz CT molecular complexity index is 758. The summed E-state index contributed by atoms with van der Waals surface area (Å²) in [7, 11) is 1.78. The van der Waals surface area contributed by atoms with Crippen LogP contribution in [-0.2, 0) is 4.74 Å². The second-order valence-corrected chi connectivity index (χ2v) is 8.68. The highest BCUT2D eigenvalue weighted by atomic mass is 19.3. The van der Waals surface area contributed by atoms with Crippen LogP contribution in [0.1, 0.15) is 26.7 Å². The van der Waals surface area contributed by atoms with Gasteiger partial charge in [0.05, 0.1) is 11.8 Å². The molecule has 1 aromatic rings. The van der Waals surface area contributed by atoms with Crippen LogP contribution in [0.15, 0.2) is 29.3 Å². The zero-order valence-electron chi connectivity index (χ0n) is 17.2. The first-order valence-electron chi connectivity index (χ1n) is 10.3. The number of guanidine groups is 1. The lowest BCUT2D eigenvalue weighted by atomic mass is 9.57. The fourth-order valence-corrected chi connectivity index (χ4v) is 5.14. The highest BCUT2D eigenvalue weighted by Gasteiger charge is 2.59. The van der Waals surface area contributed by atoms with Gasteiger partial charge >= 0.3 is 6.61 Å². The molecule has 1 saturated carbocycles. The molecule has 4 unspecified atom stereocenters. The second kappa shape index (κ2) is 7.97. The van der Waals surface area contributed by atoms with Crippen LogP contribution in [0.4, 0.5) is 14.5 Å². The maximum Gasteiger partial charge on any atom is 0.387 e. The molecule has 4 atom stereocenters. The minimum atomic E-state index is -2.83. The lowest BCUT2D eigenvalue weighted by Crippen LogP contribution is -2.68. The van der Waals surface area contributed by atoms with E-state index in [1.807, 2.05) is 12.1 Å². The van der Waals surface area contributed by atoms with Crippen LogP contribution in [0.25, 0.3) is 0 Å². The van der Waals surface area contributed by atoms with Crippen molar-refractivity contribution in [3.8, 4) is 5.75 Å². The molecule has 2 N–H and O–H groups in total. The molecular formula is C21H30F2N4O2. The maximum absolute atomic E-state index is 12.7. The number of rotatable bonds is 5. The van der Waals surface area contributed by atoms with E-state index < -0.39 is 6.61 Å². The van der Waals surface area contributed by atoms with Gasteiger partial charge in [0.25, 0.3) is 0 Å². The zero-order chi connectivity index (χ0) is 20.6. The lowest BCUT2D eigenvalue weighted by molar-refractivity contribution is -0.106. The average Bonchev–Trinajstić information content (AvgIpc) is 3.33. The molecule has 8 heteroatoms. The molecule has 0 bridgehead atoms. The molecule has 1 aromatic carbocycles. The Balaban J connectivity index is 1.36. The molecule has 2 saturated heterocycles. The van der Waals surface area contributed by atoms with Gasteiger partial charge in [0.2, 0.25) is 0 Å². The number of ether oxygens (including phenoxy) is 2. The van der Waals surface area contributed by atoms with Crippen molar-refractivity contribution in [3.05, 3.63) is 24.3 Å². The van der Waals surface area contributed by atoms with Crippen LogP contribution in [-0.4, -0.2) is 57.5 Å². The number of halogens is 2. The standard InChI is InChI=1S/C21H30F2N4O2/c1-21(2)17(14-9-11-28-18(14)21)26-20(24-3)25-13-8-10-27(12-13)15-6-4-5-7-16(15)29-19(22)23/h4-7,13-14,17-19H,8-12H2,1-3H3,(H2,24,25,26). The Hall–Kier alpha value is -2.09. The number of hydrogen-bond donors (Lipinski definition) is 2. The minimum Gasteiger partial charge on any atom is -0.433 e. The normalized spacial score (nSPS) is 30.8. The Morgan fingerprint density at radius 1 is 1.28 bits per heavy atom. The van der Waals surface area contributed by atoms with Gasteiger partial charge in [0.1, 0.15) is 5.75 Å². The van der Waals surface area contributed by atoms with Crippen LogP contribution in [0, 0.1) is 11.3 Å². The van der Waals surface area contributed by atoms with E-state index in [1.54, 1.807) is 19.2 Å². The van der Waals surface area contributed by atoms with Gasteiger partial charge in [0.15, 0.2) is 5.96 Å². The van der Waals surface area contributed by atoms with E-state index in [-0.39, 0.29) is 17.2 Å². The summed E-state index contributed by atoms with van der Waals surface area (Å²) in [6, 6.07) is 7.47. The highest BCUT2D eigenvalue weighted by molar-refractivity contribution is 5.81. The van der Waals surface area contributed by atoms with Crippen LogP contribution in [0.3, 0.4) is 0 Å². The van der Waals surface area contributed by atoms with Gasteiger partial charge in [-0.3, -0.25) is 4.99 Å². The topological polar surface area (TPSA) is 58.1 Å². The van der Waals surface area contributed by atoms with Gasteiger partial charge in [-0.25, -0.2) is 0 Å². The SMILES string of the molecule is CN=C(NC1CCN(c2ccccc2OC(F)F)C1)NC1C2CCOC2C1(C)C. The second-order valence-electron chi connectivity index (χ2n) is 8.68. The molecule has 160 valence electrons. The first kappa shape index (κ1) is 20.2. The molecule has 6 nitrogen and oxygen atoms in total. The molecular weight excluding hydrogens is 378 g/mol. The van der Waals surface area contributed by atoms with Gasteiger partial charge in [0, 0.05) is 50.2 Å². The number of nitrogens with one attached hydrogen (secondary N) is 2. The summed E-state index contributed by atoms with van der Waals surface area (Å²) >= 11 is 0. The lowest BCUT2D eigenvalue weighted by Gasteiger charge is -2.55. The van der Waals surface area contributed by atoms with Crippen LogP contribution >= 0.6 is 0 Å². The third kappa shape index (κ3) is 3.86. The Morgan fingerprint density at radius 3 is 2.83 bits per heavy atom. The predicted molar refractivity (Wildman–Crippen MR) is 109 cm³/mol. The van der Waals surface area contributed by atoms with Crippen molar-refractivity contribution in [1.29, 1.82) is 0 Å². The van der Waals surface area contributed by atoms with Gasteiger partial charge in [-0.15, -0.1) is 0 Å². The number of nitrogens with zero attached hydrogens (tertiary/aromatic N) is 2. The third-order valence-electron chi connectivity index (χ3n) is 6.57. The first-order valence-corrected chi connectivity index (χ1v) is 10.3. The number of fused-ring (bicyclic) bond motifs is 1. The molecule has 2 aliphatic heterocycles. The first-order chi connectivity index (χ1) is 13.9. The molecule has 29 heavy (non-hydrogen) atoms.